The highest BCUT2D eigenvalue weighted by atomic mass is 35.5. The maximum absolute atomic E-state index is 12.3. The lowest BCUT2D eigenvalue weighted by Crippen LogP contribution is -2.50. The molecular weight excluding hydrogens is 236 g/mol. The van der Waals surface area contributed by atoms with E-state index in [4.69, 9.17) is 0 Å². The number of likely N-dealkylation sites (N-methyl/N-ethyl adjacent to an activating group) is 1. The minimum atomic E-state index is 0. The number of nitrogens with one attached hydrogen (secondary N) is 1. The first kappa shape index (κ1) is 14.8. The quantitative estimate of drug-likeness (QED) is 0.827. The molecule has 3 nitrogen and oxygen atoms in total. The molecule has 1 saturated heterocycles. The van der Waals surface area contributed by atoms with E-state index in [1.165, 1.54) is 44.9 Å². The van der Waals surface area contributed by atoms with Crippen LogP contribution in [0.5, 0.6) is 0 Å². The van der Waals surface area contributed by atoms with Gasteiger partial charge in [0.1, 0.15) is 0 Å². The van der Waals surface area contributed by atoms with Crippen molar-refractivity contribution in [3.63, 3.8) is 0 Å². The molecule has 0 unspecified atom stereocenters. The monoisotopic (exact) mass is 260 g/mol. The molecule has 0 spiro atoms. The topological polar surface area (TPSA) is 32.3 Å². The van der Waals surface area contributed by atoms with Crippen LogP contribution in [-0.2, 0) is 4.79 Å². The maximum Gasteiger partial charge on any atom is 0.239 e. The first-order valence-electron chi connectivity index (χ1n) is 6.79. The minimum Gasteiger partial charge on any atom is -0.341 e. The van der Waals surface area contributed by atoms with E-state index in [-0.39, 0.29) is 18.4 Å². The van der Waals surface area contributed by atoms with E-state index in [9.17, 15) is 4.79 Å². The summed E-state index contributed by atoms with van der Waals surface area (Å²) in [6.07, 6.45) is 9.78. The van der Waals surface area contributed by atoms with Crippen LogP contribution in [0.25, 0.3) is 0 Å². The lowest BCUT2D eigenvalue weighted by molar-refractivity contribution is -0.135. The van der Waals surface area contributed by atoms with Crippen LogP contribution in [0.15, 0.2) is 0 Å². The van der Waals surface area contributed by atoms with Crippen molar-refractivity contribution in [3.8, 4) is 0 Å². The van der Waals surface area contributed by atoms with Crippen molar-refractivity contribution in [2.75, 3.05) is 13.6 Å². The predicted octanol–water partition coefficient (Wildman–Crippen LogP) is 2.34. The zero-order valence-electron chi connectivity index (χ0n) is 10.8. The molecule has 17 heavy (non-hydrogen) atoms. The van der Waals surface area contributed by atoms with Crippen LogP contribution in [0, 0.1) is 0 Å². The second-order valence-electron chi connectivity index (χ2n) is 5.24. The molecule has 2 fully saturated rings. The second-order valence-corrected chi connectivity index (χ2v) is 5.24. The first-order chi connectivity index (χ1) is 7.79. The number of halogens is 1. The van der Waals surface area contributed by atoms with Gasteiger partial charge in [-0.2, -0.15) is 0 Å². The van der Waals surface area contributed by atoms with Crippen LogP contribution in [0.4, 0.5) is 0 Å². The Bertz CT molecular complexity index is 236. The summed E-state index contributed by atoms with van der Waals surface area (Å²) >= 11 is 0. The fourth-order valence-electron chi connectivity index (χ4n) is 2.96. The smallest absolute Gasteiger partial charge is 0.239 e. The Morgan fingerprint density at radius 2 is 1.71 bits per heavy atom. The summed E-state index contributed by atoms with van der Waals surface area (Å²) in [5.41, 5.74) is 0. The van der Waals surface area contributed by atoms with Gasteiger partial charge in [-0.05, 0) is 32.2 Å². The van der Waals surface area contributed by atoms with Crippen LogP contribution in [0.2, 0.25) is 0 Å². The van der Waals surface area contributed by atoms with Gasteiger partial charge in [0.25, 0.3) is 0 Å². The number of nitrogens with zero attached hydrogens (tertiary/aromatic N) is 1. The van der Waals surface area contributed by atoms with Crippen LogP contribution in [-0.4, -0.2) is 36.5 Å². The van der Waals surface area contributed by atoms with Crippen molar-refractivity contribution in [1.82, 2.24) is 10.2 Å². The molecule has 0 aromatic heterocycles. The second kappa shape index (κ2) is 7.22. The molecule has 0 aromatic carbocycles. The molecule has 1 aliphatic heterocycles. The van der Waals surface area contributed by atoms with E-state index in [0.717, 1.165) is 13.0 Å². The minimum absolute atomic E-state index is 0. The van der Waals surface area contributed by atoms with E-state index < -0.39 is 0 Å². The van der Waals surface area contributed by atoms with E-state index in [0.29, 0.717) is 11.9 Å². The van der Waals surface area contributed by atoms with Crippen molar-refractivity contribution in [1.29, 1.82) is 0 Å². The number of carbonyl (C=O) groups excluding carboxylic acids is 1. The van der Waals surface area contributed by atoms with E-state index in [2.05, 4.69) is 5.32 Å². The van der Waals surface area contributed by atoms with E-state index in [1.54, 1.807) is 0 Å². The zero-order chi connectivity index (χ0) is 11.4. The van der Waals surface area contributed by atoms with Gasteiger partial charge in [-0.25, -0.2) is 0 Å². The third kappa shape index (κ3) is 3.85. The Kier molecular flexibility index (Phi) is 6.28. The Hall–Kier alpha value is -0.280. The van der Waals surface area contributed by atoms with Crippen molar-refractivity contribution >= 4 is 18.3 Å². The normalized spacial score (nSPS) is 26.1. The van der Waals surface area contributed by atoms with Gasteiger partial charge in [0.15, 0.2) is 0 Å². The molecule has 4 heteroatoms. The van der Waals surface area contributed by atoms with E-state index in [1.807, 2.05) is 11.9 Å². The Morgan fingerprint density at radius 1 is 1.06 bits per heavy atom. The first-order valence-corrected chi connectivity index (χ1v) is 6.79. The lowest BCUT2D eigenvalue weighted by atomic mass is 9.93. The fourth-order valence-corrected chi connectivity index (χ4v) is 2.96. The molecule has 1 heterocycles. The van der Waals surface area contributed by atoms with Gasteiger partial charge >= 0.3 is 0 Å². The van der Waals surface area contributed by atoms with Crippen molar-refractivity contribution < 1.29 is 4.79 Å². The summed E-state index contributed by atoms with van der Waals surface area (Å²) < 4.78 is 0. The molecule has 1 N–H and O–H groups in total. The maximum atomic E-state index is 12.3. The Morgan fingerprint density at radius 3 is 2.29 bits per heavy atom. The molecule has 2 rings (SSSR count). The summed E-state index contributed by atoms with van der Waals surface area (Å²) in [7, 11) is 1.99. The summed E-state index contributed by atoms with van der Waals surface area (Å²) in [4.78, 5) is 14.3. The summed E-state index contributed by atoms with van der Waals surface area (Å²) in [6.45, 7) is 1.01. The SMILES string of the molecule is CN(C(=O)[C@H]1CCCCN1)C1CCCCC1.Cl. The van der Waals surface area contributed by atoms with Crippen LogP contribution in [0.1, 0.15) is 51.4 Å². The fraction of sp³-hybridized carbons (Fsp3) is 0.923. The van der Waals surface area contributed by atoms with Gasteiger partial charge in [0.2, 0.25) is 5.91 Å². The van der Waals surface area contributed by atoms with Crippen LogP contribution < -0.4 is 5.32 Å². The average Bonchev–Trinajstić information content (AvgIpc) is 2.39. The van der Waals surface area contributed by atoms with Gasteiger partial charge in [0.05, 0.1) is 6.04 Å². The summed E-state index contributed by atoms with van der Waals surface area (Å²) in [6, 6.07) is 0.602. The van der Waals surface area contributed by atoms with Gasteiger partial charge in [-0.15, -0.1) is 12.4 Å². The summed E-state index contributed by atoms with van der Waals surface area (Å²) in [5.74, 6) is 0.326. The van der Waals surface area contributed by atoms with Gasteiger partial charge in [-0.3, -0.25) is 4.79 Å². The Balaban J connectivity index is 0.00000144. The highest BCUT2D eigenvalue weighted by Crippen LogP contribution is 2.22. The molecular formula is C13H25ClN2O. The third-order valence-corrected chi connectivity index (χ3v) is 4.08. The molecule has 0 bridgehead atoms. The number of amides is 1. The standard InChI is InChI=1S/C13H24N2O.ClH/c1-15(11-7-3-2-4-8-11)13(16)12-9-5-6-10-14-12;/h11-12,14H,2-10H2,1H3;1H/t12-;/m1./s1. The molecule has 2 aliphatic rings. The molecule has 0 radical (unpaired) electrons. The van der Waals surface area contributed by atoms with Gasteiger partial charge in [0, 0.05) is 13.1 Å². The number of rotatable bonds is 2. The average molecular weight is 261 g/mol. The van der Waals surface area contributed by atoms with Gasteiger partial charge in [-0.1, -0.05) is 25.7 Å². The zero-order valence-corrected chi connectivity index (χ0v) is 11.6. The number of carbonyl (C=O) groups is 1. The predicted molar refractivity (Wildman–Crippen MR) is 72.5 cm³/mol. The molecule has 0 aromatic rings. The van der Waals surface area contributed by atoms with Crippen molar-refractivity contribution in [2.45, 2.75) is 63.5 Å². The molecule has 1 aliphatic carbocycles. The lowest BCUT2D eigenvalue weighted by Gasteiger charge is -2.35. The van der Waals surface area contributed by atoms with Crippen molar-refractivity contribution in [3.05, 3.63) is 0 Å². The highest BCUT2D eigenvalue weighted by molar-refractivity contribution is 5.85. The summed E-state index contributed by atoms with van der Waals surface area (Å²) in [5, 5.41) is 3.35. The Labute approximate surface area is 111 Å². The molecule has 100 valence electrons. The molecule has 1 saturated carbocycles. The number of hydrogen-bond acceptors (Lipinski definition) is 2. The number of piperidine rings is 1. The number of hydrogen-bond donors (Lipinski definition) is 1. The van der Waals surface area contributed by atoms with Crippen LogP contribution in [0.3, 0.4) is 0 Å². The largest absolute Gasteiger partial charge is 0.341 e. The van der Waals surface area contributed by atoms with Crippen LogP contribution >= 0.6 is 12.4 Å². The molecule has 1 amide bonds. The van der Waals surface area contributed by atoms with Crippen molar-refractivity contribution in [2.24, 2.45) is 0 Å². The molecule has 1 atom stereocenters. The van der Waals surface area contributed by atoms with E-state index >= 15 is 0 Å². The van der Waals surface area contributed by atoms with Gasteiger partial charge < -0.3 is 10.2 Å². The highest BCUT2D eigenvalue weighted by Gasteiger charge is 2.28. The third-order valence-electron chi connectivity index (χ3n) is 4.08.